The lowest BCUT2D eigenvalue weighted by Gasteiger charge is -2.69. The summed E-state index contributed by atoms with van der Waals surface area (Å²) in [6.07, 6.45) is 7.62. The number of ketones is 2. The predicted molar refractivity (Wildman–Crippen MR) is 148 cm³/mol. The fourth-order valence-corrected chi connectivity index (χ4v) is 10.6. The summed E-state index contributed by atoms with van der Waals surface area (Å²) in [4.78, 5) is 39.4. The summed E-state index contributed by atoms with van der Waals surface area (Å²) in [6, 6.07) is 2.13. The molecule has 0 radical (unpaired) electrons. The molecular formula is C33H44F2N2O3. The first-order valence-corrected chi connectivity index (χ1v) is 14.8. The van der Waals surface area contributed by atoms with E-state index < -0.39 is 51.2 Å². The molecule has 3 fully saturated rings. The van der Waals surface area contributed by atoms with Crippen LogP contribution in [0.3, 0.4) is 0 Å². The van der Waals surface area contributed by atoms with Gasteiger partial charge >= 0.3 is 5.92 Å². The van der Waals surface area contributed by atoms with E-state index in [1.807, 2.05) is 19.9 Å². The van der Waals surface area contributed by atoms with Gasteiger partial charge in [-0.15, -0.1) is 0 Å². The van der Waals surface area contributed by atoms with Crippen molar-refractivity contribution >= 4 is 17.5 Å². The van der Waals surface area contributed by atoms with E-state index in [2.05, 4.69) is 40.7 Å². The Morgan fingerprint density at radius 1 is 1.05 bits per heavy atom. The second-order valence-electron chi connectivity index (χ2n) is 15.9. The van der Waals surface area contributed by atoms with Crippen molar-refractivity contribution in [2.75, 3.05) is 0 Å². The Labute approximate surface area is 237 Å². The molecule has 3 saturated carbocycles. The SMILES string of the molecule is CC1(C)CC[C@@]2(CC(F)(F)C(N)=O)CC[C@]3(C)[C@H](C(=O)C=C4[C@@]5(C)C=C(C#N)C(=O)C(C)(C)[C@@H]5CC[C@]43C)[C@@H]2C1. The fourth-order valence-electron chi connectivity index (χ4n) is 10.6. The lowest BCUT2D eigenvalue weighted by Crippen LogP contribution is -2.65. The van der Waals surface area contributed by atoms with Crippen molar-refractivity contribution < 1.29 is 23.2 Å². The van der Waals surface area contributed by atoms with Crippen LogP contribution >= 0.6 is 0 Å². The molecule has 5 aliphatic rings. The molecule has 0 unspecified atom stereocenters. The molecule has 0 aromatic heterocycles. The van der Waals surface area contributed by atoms with Crippen LogP contribution in [0.2, 0.25) is 0 Å². The van der Waals surface area contributed by atoms with Crippen molar-refractivity contribution in [3.05, 3.63) is 23.3 Å². The molecule has 0 saturated heterocycles. The van der Waals surface area contributed by atoms with E-state index in [-0.39, 0.29) is 34.4 Å². The molecule has 5 aliphatic carbocycles. The molecule has 7 heteroatoms. The van der Waals surface area contributed by atoms with Gasteiger partial charge in [-0.25, -0.2) is 0 Å². The number of fused-ring (bicyclic) bond motifs is 7. The monoisotopic (exact) mass is 554 g/mol. The summed E-state index contributed by atoms with van der Waals surface area (Å²) in [5, 5.41) is 9.87. The summed E-state index contributed by atoms with van der Waals surface area (Å²) >= 11 is 0. The topological polar surface area (TPSA) is 101 Å². The number of nitriles is 1. The van der Waals surface area contributed by atoms with Crippen LogP contribution < -0.4 is 5.73 Å². The number of nitrogens with two attached hydrogens (primary N) is 1. The molecule has 0 aromatic rings. The van der Waals surface area contributed by atoms with E-state index >= 15 is 8.78 Å². The van der Waals surface area contributed by atoms with Crippen LogP contribution in [0.5, 0.6) is 0 Å². The van der Waals surface area contributed by atoms with Crippen LogP contribution in [0.4, 0.5) is 8.78 Å². The van der Waals surface area contributed by atoms with Gasteiger partial charge in [0.25, 0.3) is 5.91 Å². The number of rotatable bonds is 3. The van der Waals surface area contributed by atoms with Crippen LogP contribution in [0, 0.1) is 61.6 Å². The van der Waals surface area contributed by atoms with Gasteiger partial charge in [0.1, 0.15) is 6.07 Å². The summed E-state index contributed by atoms with van der Waals surface area (Å²) < 4.78 is 30.1. The molecule has 0 bridgehead atoms. The van der Waals surface area contributed by atoms with Gasteiger partial charge in [-0.3, -0.25) is 14.4 Å². The zero-order chi connectivity index (χ0) is 29.9. The third-order valence-corrected chi connectivity index (χ3v) is 13.0. The zero-order valence-corrected chi connectivity index (χ0v) is 25.0. The highest BCUT2D eigenvalue weighted by Crippen LogP contribution is 2.75. The van der Waals surface area contributed by atoms with Crippen molar-refractivity contribution in [2.45, 2.75) is 106 Å². The first-order valence-electron chi connectivity index (χ1n) is 14.8. The predicted octanol–water partition coefficient (Wildman–Crippen LogP) is 6.72. The van der Waals surface area contributed by atoms with E-state index in [9.17, 15) is 19.6 Å². The van der Waals surface area contributed by atoms with E-state index in [0.29, 0.717) is 25.7 Å². The number of amides is 1. The van der Waals surface area contributed by atoms with Crippen molar-refractivity contribution in [1.82, 2.24) is 0 Å². The lowest BCUT2D eigenvalue weighted by molar-refractivity contribution is -0.188. The van der Waals surface area contributed by atoms with Gasteiger partial charge in [0.15, 0.2) is 11.6 Å². The van der Waals surface area contributed by atoms with Crippen LogP contribution in [0.1, 0.15) is 99.8 Å². The van der Waals surface area contributed by atoms with Crippen LogP contribution in [0.25, 0.3) is 0 Å². The molecule has 5 nitrogen and oxygen atoms in total. The fraction of sp³-hybridized carbons (Fsp3) is 0.758. The summed E-state index contributed by atoms with van der Waals surface area (Å²) in [5.74, 6) is -6.19. The number of hydrogen-bond donors (Lipinski definition) is 1. The number of nitrogens with zero attached hydrogens (tertiary/aromatic N) is 1. The van der Waals surface area contributed by atoms with Gasteiger partial charge in [-0.2, -0.15) is 14.0 Å². The van der Waals surface area contributed by atoms with Gasteiger partial charge in [0, 0.05) is 23.2 Å². The highest BCUT2D eigenvalue weighted by atomic mass is 19.3. The van der Waals surface area contributed by atoms with E-state index in [1.165, 1.54) is 0 Å². The maximum Gasteiger partial charge on any atom is 0.324 e. The van der Waals surface area contributed by atoms with Crippen molar-refractivity contribution in [1.29, 1.82) is 5.26 Å². The van der Waals surface area contributed by atoms with Gasteiger partial charge in [0.05, 0.1) is 5.57 Å². The van der Waals surface area contributed by atoms with Gasteiger partial charge < -0.3 is 5.73 Å². The highest BCUT2D eigenvalue weighted by molar-refractivity contribution is 6.04. The maximum absolute atomic E-state index is 15.0. The number of allylic oxidation sites excluding steroid dienone is 4. The minimum absolute atomic E-state index is 0.0346. The Morgan fingerprint density at radius 2 is 1.68 bits per heavy atom. The molecule has 5 rings (SSSR count). The minimum Gasteiger partial charge on any atom is -0.364 e. The van der Waals surface area contributed by atoms with Crippen molar-refractivity contribution in [2.24, 2.45) is 56.0 Å². The van der Waals surface area contributed by atoms with Gasteiger partial charge in [0.2, 0.25) is 0 Å². The Bertz CT molecular complexity index is 1300. The summed E-state index contributed by atoms with van der Waals surface area (Å²) in [6.45, 7) is 14.6. The molecule has 1 amide bonds. The number of carbonyl (C=O) groups is 3. The average molecular weight is 555 g/mol. The van der Waals surface area contributed by atoms with E-state index in [0.717, 1.165) is 24.8 Å². The lowest BCUT2D eigenvalue weighted by atomic mass is 9.34. The molecule has 0 aromatic carbocycles. The Morgan fingerprint density at radius 3 is 2.27 bits per heavy atom. The first kappa shape index (κ1) is 29.1. The molecule has 40 heavy (non-hydrogen) atoms. The quantitative estimate of drug-likeness (QED) is 0.419. The maximum atomic E-state index is 15.0. The summed E-state index contributed by atoms with van der Waals surface area (Å²) in [5.41, 5.74) is 3.08. The van der Waals surface area contributed by atoms with Gasteiger partial charge in [-0.1, -0.05) is 60.1 Å². The third-order valence-electron chi connectivity index (χ3n) is 13.0. The van der Waals surface area contributed by atoms with E-state index in [1.54, 1.807) is 6.08 Å². The van der Waals surface area contributed by atoms with Crippen molar-refractivity contribution in [3.8, 4) is 6.07 Å². The third kappa shape index (κ3) is 3.62. The highest BCUT2D eigenvalue weighted by Gasteiger charge is 2.70. The Kier molecular flexibility index (Phi) is 6.09. The zero-order valence-electron chi connectivity index (χ0n) is 25.0. The molecule has 218 valence electrons. The standard InChI is InChI=1S/C33H44F2N2O3/c1-27(2)10-12-32(18-33(34,35)26(37)40)13-11-31(7)24(20(32)16-27)21(38)14-23-29(5)15-19(17-36)25(39)28(3,4)22(29)8-9-30(23,31)6/h14-15,20,22,24H,8-13,16,18H2,1-7H3,(H2,37,40)/t20-,22-,24-,29-,30+,31+,32-/m0/s1. The van der Waals surface area contributed by atoms with Crippen LogP contribution in [-0.4, -0.2) is 23.4 Å². The smallest absolute Gasteiger partial charge is 0.324 e. The average Bonchev–Trinajstić information content (AvgIpc) is 2.83. The number of alkyl halides is 2. The molecule has 2 N–H and O–H groups in total. The second kappa shape index (κ2) is 8.35. The number of carbonyl (C=O) groups excluding carboxylic acids is 3. The van der Waals surface area contributed by atoms with Crippen molar-refractivity contribution in [3.63, 3.8) is 0 Å². The molecule has 0 aliphatic heterocycles. The minimum atomic E-state index is -3.62. The Balaban J connectivity index is 1.68. The normalized spacial score (nSPS) is 43.6. The Hall–Kier alpha value is -2.36. The van der Waals surface area contributed by atoms with Gasteiger partial charge in [-0.05, 0) is 84.5 Å². The van der Waals surface area contributed by atoms with Crippen LogP contribution in [-0.2, 0) is 14.4 Å². The number of hydrogen-bond acceptors (Lipinski definition) is 4. The molecule has 0 heterocycles. The number of primary amides is 1. The van der Waals surface area contributed by atoms with E-state index in [4.69, 9.17) is 5.73 Å². The van der Waals surface area contributed by atoms with Crippen LogP contribution in [0.15, 0.2) is 23.3 Å². The molecule has 7 atom stereocenters. The summed E-state index contributed by atoms with van der Waals surface area (Å²) in [7, 11) is 0. The molecular weight excluding hydrogens is 510 g/mol. The number of Topliss-reactive ketones (excluding diaryl/α,β-unsaturated/α-hetero) is 1. The largest absolute Gasteiger partial charge is 0.364 e. The second-order valence-corrected chi connectivity index (χ2v) is 15.9. The molecule has 0 spiro atoms. The number of halogens is 2. The first-order chi connectivity index (χ1) is 18.2.